The predicted molar refractivity (Wildman–Crippen MR) is 69.0 cm³/mol. The molecule has 0 saturated heterocycles. The van der Waals surface area contributed by atoms with Crippen molar-refractivity contribution in [3.8, 4) is 5.75 Å². The highest BCUT2D eigenvalue weighted by Gasteiger charge is 2.05. The van der Waals surface area contributed by atoms with Gasteiger partial charge in [0.25, 0.3) is 0 Å². The van der Waals surface area contributed by atoms with Crippen LogP contribution in [0.5, 0.6) is 5.75 Å². The molecule has 0 aliphatic heterocycles. The summed E-state index contributed by atoms with van der Waals surface area (Å²) in [5.74, 6) is 0.119. The van der Waals surface area contributed by atoms with Crippen LogP contribution in [0, 0.1) is 12.7 Å². The molecule has 2 nitrogen and oxygen atoms in total. The van der Waals surface area contributed by atoms with Gasteiger partial charge in [0.05, 0.1) is 6.61 Å². The van der Waals surface area contributed by atoms with Crippen LogP contribution in [0.3, 0.4) is 0 Å². The second kappa shape index (κ2) is 7.28. The third-order valence-electron chi connectivity index (χ3n) is 2.75. The minimum atomic E-state index is -0.243. The molecule has 0 bridgehead atoms. The lowest BCUT2D eigenvalue weighted by Gasteiger charge is -2.12. The van der Waals surface area contributed by atoms with Gasteiger partial charge in [-0.15, -0.1) is 0 Å². The maximum atomic E-state index is 13.6. The van der Waals surface area contributed by atoms with Gasteiger partial charge in [0, 0.05) is 6.04 Å². The van der Waals surface area contributed by atoms with E-state index in [0.29, 0.717) is 24.0 Å². The van der Waals surface area contributed by atoms with Crippen LogP contribution in [0.4, 0.5) is 4.39 Å². The van der Waals surface area contributed by atoms with E-state index in [1.165, 1.54) is 0 Å². The molecular formula is C14H22FNO. The van der Waals surface area contributed by atoms with Crippen LogP contribution in [-0.4, -0.2) is 19.2 Å². The van der Waals surface area contributed by atoms with Crippen LogP contribution >= 0.6 is 0 Å². The molecule has 1 aromatic rings. The van der Waals surface area contributed by atoms with Gasteiger partial charge in [-0.25, -0.2) is 4.39 Å². The van der Waals surface area contributed by atoms with Crippen molar-refractivity contribution >= 4 is 0 Å². The topological polar surface area (TPSA) is 21.3 Å². The molecule has 1 rings (SSSR count). The molecule has 0 amide bonds. The summed E-state index contributed by atoms with van der Waals surface area (Å²) in [5, 5.41) is 3.34. The number of hydrogen-bond donors (Lipinski definition) is 1. The molecule has 1 atom stereocenters. The first-order valence-electron chi connectivity index (χ1n) is 6.26. The van der Waals surface area contributed by atoms with Gasteiger partial charge in [-0.3, -0.25) is 0 Å². The van der Waals surface area contributed by atoms with E-state index in [2.05, 4.69) is 19.2 Å². The van der Waals surface area contributed by atoms with Crippen molar-refractivity contribution in [1.29, 1.82) is 0 Å². The molecule has 0 fully saturated rings. The maximum Gasteiger partial charge on any atom is 0.167 e. The monoisotopic (exact) mass is 239 g/mol. The van der Waals surface area contributed by atoms with Crippen molar-refractivity contribution in [2.45, 2.75) is 39.7 Å². The highest BCUT2D eigenvalue weighted by atomic mass is 19.1. The summed E-state index contributed by atoms with van der Waals surface area (Å²) in [4.78, 5) is 0. The van der Waals surface area contributed by atoms with E-state index in [1.54, 1.807) is 19.1 Å². The summed E-state index contributed by atoms with van der Waals surface area (Å²) in [6, 6.07) is 5.73. The standard InChI is InChI=1S/C14H22FNO/c1-4-16-12(3)8-6-10-17-13-9-5-7-11(2)14(13)15/h5,7,9,12,16H,4,6,8,10H2,1-3H3. The highest BCUT2D eigenvalue weighted by molar-refractivity contribution is 5.29. The van der Waals surface area contributed by atoms with Crippen LogP contribution < -0.4 is 10.1 Å². The zero-order valence-corrected chi connectivity index (χ0v) is 10.9. The number of benzene rings is 1. The fourth-order valence-electron chi connectivity index (χ4n) is 1.75. The Balaban J connectivity index is 2.29. The van der Waals surface area contributed by atoms with Gasteiger partial charge in [-0.1, -0.05) is 19.1 Å². The minimum Gasteiger partial charge on any atom is -0.491 e. The second-order valence-electron chi connectivity index (χ2n) is 4.34. The van der Waals surface area contributed by atoms with Gasteiger partial charge in [0.1, 0.15) is 0 Å². The lowest BCUT2D eigenvalue weighted by molar-refractivity contribution is 0.284. The number of nitrogens with one attached hydrogen (secondary N) is 1. The number of rotatable bonds is 7. The van der Waals surface area contributed by atoms with Gasteiger partial charge in [0.15, 0.2) is 11.6 Å². The summed E-state index contributed by atoms with van der Waals surface area (Å²) in [6.07, 6.45) is 1.98. The van der Waals surface area contributed by atoms with E-state index in [1.807, 2.05) is 6.07 Å². The predicted octanol–water partition coefficient (Wildman–Crippen LogP) is 3.29. The van der Waals surface area contributed by atoms with Crippen LogP contribution in [-0.2, 0) is 0 Å². The molecule has 0 aromatic heterocycles. The van der Waals surface area contributed by atoms with Crippen LogP contribution in [0.15, 0.2) is 18.2 Å². The van der Waals surface area contributed by atoms with Gasteiger partial charge >= 0.3 is 0 Å². The smallest absolute Gasteiger partial charge is 0.167 e. The van der Waals surface area contributed by atoms with Crippen molar-refractivity contribution < 1.29 is 9.13 Å². The Labute approximate surface area is 103 Å². The first kappa shape index (κ1) is 14.0. The Morgan fingerprint density at radius 2 is 2.18 bits per heavy atom. The number of aryl methyl sites for hydroxylation is 1. The molecule has 96 valence electrons. The molecule has 3 heteroatoms. The summed E-state index contributed by atoms with van der Waals surface area (Å²) in [5.41, 5.74) is 0.628. The van der Waals surface area contributed by atoms with Gasteiger partial charge in [-0.05, 0) is 44.9 Å². The first-order chi connectivity index (χ1) is 8.15. The number of halogens is 1. The molecule has 0 saturated carbocycles. The SMILES string of the molecule is CCNC(C)CCCOc1cccc(C)c1F. The Bertz CT molecular complexity index is 341. The third kappa shape index (κ3) is 4.73. The Morgan fingerprint density at radius 1 is 1.41 bits per heavy atom. The van der Waals surface area contributed by atoms with Crippen molar-refractivity contribution in [3.05, 3.63) is 29.6 Å². The Hall–Kier alpha value is -1.09. The number of ether oxygens (including phenoxy) is 1. The molecule has 0 radical (unpaired) electrons. The zero-order chi connectivity index (χ0) is 12.7. The molecule has 0 aliphatic rings. The molecular weight excluding hydrogens is 217 g/mol. The molecule has 1 N–H and O–H groups in total. The van der Waals surface area contributed by atoms with Crippen LogP contribution in [0.2, 0.25) is 0 Å². The normalized spacial score (nSPS) is 12.5. The molecule has 0 heterocycles. The number of hydrogen-bond acceptors (Lipinski definition) is 2. The average molecular weight is 239 g/mol. The highest BCUT2D eigenvalue weighted by Crippen LogP contribution is 2.19. The largest absolute Gasteiger partial charge is 0.491 e. The molecule has 0 aliphatic carbocycles. The molecule has 17 heavy (non-hydrogen) atoms. The van der Waals surface area contributed by atoms with E-state index in [0.717, 1.165) is 19.4 Å². The van der Waals surface area contributed by atoms with Crippen molar-refractivity contribution in [1.82, 2.24) is 5.32 Å². The van der Waals surface area contributed by atoms with Crippen molar-refractivity contribution in [2.24, 2.45) is 0 Å². The van der Waals surface area contributed by atoms with Gasteiger partial charge < -0.3 is 10.1 Å². The van der Waals surface area contributed by atoms with Crippen molar-refractivity contribution in [2.75, 3.05) is 13.2 Å². The Kier molecular flexibility index (Phi) is 5.98. The quantitative estimate of drug-likeness (QED) is 0.737. The fourth-order valence-corrected chi connectivity index (χ4v) is 1.75. The third-order valence-corrected chi connectivity index (χ3v) is 2.75. The summed E-state index contributed by atoms with van der Waals surface area (Å²) in [6.45, 7) is 7.53. The average Bonchev–Trinajstić information content (AvgIpc) is 2.30. The minimum absolute atomic E-state index is 0.243. The maximum absolute atomic E-state index is 13.6. The lowest BCUT2D eigenvalue weighted by atomic mass is 10.2. The van der Waals surface area contributed by atoms with Gasteiger partial charge in [0.2, 0.25) is 0 Å². The Morgan fingerprint density at radius 3 is 2.88 bits per heavy atom. The lowest BCUT2D eigenvalue weighted by Crippen LogP contribution is -2.25. The van der Waals surface area contributed by atoms with Gasteiger partial charge in [-0.2, -0.15) is 0 Å². The molecule has 1 unspecified atom stereocenters. The van der Waals surface area contributed by atoms with E-state index in [4.69, 9.17) is 4.74 Å². The second-order valence-corrected chi connectivity index (χ2v) is 4.34. The zero-order valence-electron chi connectivity index (χ0n) is 10.9. The first-order valence-corrected chi connectivity index (χ1v) is 6.26. The van der Waals surface area contributed by atoms with E-state index in [-0.39, 0.29) is 5.82 Å². The fraction of sp³-hybridized carbons (Fsp3) is 0.571. The summed E-state index contributed by atoms with van der Waals surface area (Å²) in [7, 11) is 0. The molecule has 1 aromatic carbocycles. The summed E-state index contributed by atoms with van der Waals surface area (Å²) >= 11 is 0. The van der Waals surface area contributed by atoms with E-state index >= 15 is 0 Å². The van der Waals surface area contributed by atoms with E-state index < -0.39 is 0 Å². The van der Waals surface area contributed by atoms with Crippen molar-refractivity contribution in [3.63, 3.8) is 0 Å². The van der Waals surface area contributed by atoms with E-state index in [9.17, 15) is 4.39 Å². The molecule has 0 spiro atoms. The van der Waals surface area contributed by atoms with Crippen LogP contribution in [0.25, 0.3) is 0 Å². The van der Waals surface area contributed by atoms with Crippen LogP contribution in [0.1, 0.15) is 32.3 Å². The summed E-state index contributed by atoms with van der Waals surface area (Å²) < 4.78 is 19.0.